The van der Waals surface area contributed by atoms with E-state index in [1.807, 2.05) is 13.8 Å². The molecule has 1 aliphatic heterocycles. The third kappa shape index (κ3) is 2.95. The summed E-state index contributed by atoms with van der Waals surface area (Å²) in [6, 6.07) is 12.6. The van der Waals surface area contributed by atoms with Gasteiger partial charge in [0, 0.05) is 31.0 Å². The maximum absolute atomic E-state index is 12.6. The van der Waals surface area contributed by atoms with Gasteiger partial charge in [-0.15, -0.1) is 11.3 Å². The quantitative estimate of drug-likeness (QED) is 0.705. The Hall–Kier alpha value is -1.92. The Morgan fingerprint density at radius 1 is 1.15 bits per heavy atom. The number of benzene rings is 2. The van der Waals surface area contributed by atoms with Gasteiger partial charge in [0.25, 0.3) is 0 Å². The summed E-state index contributed by atoms with van der Waals surface area (Å²) >= 11 is 1.79. The molecular formula is C21H22N2O2S2. The average molecular weight is 399 g/mol. The summed E-state index contributed by atoms with van der Waals surface area (Å²) in [6.07, 6.45) is 2.70. The minimum absolute atomic E-state index is 0.149. The molecular weight excluding hydrogens is 376 g/mol. The van der Waals surface area contributed by atoms with Crippen LogP contribution in [0.15, 0.2) is 41.4 Å². The smallest absolute Gasteiger partial charge is 0.120 e. The van der Waals surface area contributed by atoms with Crippen LogP contribution in [0, 0.1) is 0 Å². The van der Waals surface area contributed by atoms with Crippen LogP contribution in [0.4, 0.5) is 0 Å². The first-order valence-corrected chi connectivity index (χ1v) is 11.4. The summed E-state index contributed by atoms with van der Waals surface area (Å²) in [4.78, 5) is 4.67. The van der Waals surface area contributed by atoms with Crippen molar-refractivity contribution in [1.29, 1.82) is 0 Å². The molecule has 6 heteroatoms. The summed E-state index contributed by atoms with van der Waals surface area (Å²) in [5, 5.41) is 2.42. The van der Waals surface area contributed by atoms with Crippen molar-refractivity contribution in [1.82, 2.24) is 0 Å². The number of thiophene rings is 1. The van der Waals surface area contributed by atoms with Crippen LogP contribution in [0.2, 0.25) is 0 Å². The predicted molar refractivity (Wildman–Crippen MR) is 114 cm³/mol. The van der Waals surface area contributed by atoms with Gasteiger partial charge in [0.2, 0.25) is 0 Å². The molecule has 2 heterocycles. The number of rotatable bonds is 3. The fourth-order valence-corrected chi connectivity index (χ4v) is 5.76. The summed E-state index contributed by atoms with van der Waals surface area (Å²) in [7, 11) is -1.04. The number of hydrogen-bond donors (Lipinski definition) is 1. The van der Waals surface area contributed by atoms with Crippen LogP contribution >= 0.6 is 11.3 Å². The molecule has 0 spiro atoms. The average Bonchev–Trinajstić information content (AvgIpc) is 3.38. The summed E-state index contributed by atoms with van der Waals surface area (Å²) in [5.41, 5.74) is 7.20. The molecule has 1 aliphatic carbocycles. The lowest BCUT2D eigenvalue weighted by molar-refractivity contribution is 0.303. The lowest BCUT2D eigenvalue weighted by atomic mass is 10.0. The second kappa shape index (κ2) is 6.04. The Morgan fingerprint density at radius 3 is 2.56 bits per heavy atom. The van der Waals surface area contributed by atoms with Gasteiger partial charge in [-0.25, -0.2) is 0 Å². The Morgan fingerprint density at radius 2 is 1.85 bits per heavy atom. The van der Waals surface area contributed by atoms with E-state index in [-0.39, 0.29) is 6.04 Å². The van der Waals surface area contributed by atoms with Crippen molar-refractivity contribution in [3.63, 3.8) is 0 Å². The second-order valence-electron chi connectivity index (χ2n) is 7.89. The first kappa shape index (κ1) is 17.2. The van der Waals surface area contributed by atoms with E-state index in [1.165, 1.54) is 20.2 Å². The van der Waals surface area contributed by atoms with Crippen LogP contribution in [0.1, 0.15) is 38.3 Å². The van der Waals surface area contributed by atoms with Gasteiger partial charge >= 0.3 is 0 Å². The van der Waals surface area contributed by atoms with Crippen molar-refractivity contribution in [2.45, 2.75) is 43.6 Å². The number of fused-ring (bicyclic) bond motifs is 3. The lowest BCUT2D eigenvalue weighted by Gasteiger charge is -2.31. The van der Waals surface area contributed by atoms with Gasteiger partial charge in [-0.3, -0.25) is 9.20 Å². The molecule has 5 rings (SSSR count). The Labute approximate surface area is 164 Å². The number of hydrogen-bond acceptors (Lipinski definition) is 5. The number of aliphatic imine (C=N–C) groups is 1. The van der Waals surface area contributed by atoms with E-state index >= 15 is 0 Å². The van der Waals surface area contributed by atoms with E-state index in [0.29, 0.717) is 17.7 Å². The highest BCUT2D eigenvalue weighted by atomic mass is 32.2. The molecule has 2 aromatic carbocycles. The van der Waals surface area contributed by atoms with E-state index in [0.717, 1.165) is 24.2 Å². The predicted octanol–water partition coefficient (Wildman–Crippen LogP) is 4.53. The van der Waals surface area contributed by atoms with Crippen LogP contribution in [0.25, 0.3) is 20.2 Å². The van der Waals surface area contributed by atoms with Gasteiger partial charge in [0.1, 0.15) is 11.6 Å². The maximum Gasteiger partial charge on any atom is 0.120 e. The molecule has 2 atom stereocenters. The zero-order valence-corrected chi connectivity index (χ0v) is 17.0. The molecule has 140 valence electrons. The molecule has 1 fully saturated rings. The fourth-order valence-electron chi connectivity index (χ4n) is 3.43. The highest BCUT2D eigenvalue weighted by Crippen LogP contribution is 2.39. The van der Waals surface area contributed by atoms with Crippen LogP contribution < -0.4 is 10.5 Å². The fraction of sp³-hybridized carbons (Fsp3) is 0.381. The molecule has 1 aromatic heterocycles. The van der Waals surface area contributed by atoms with Crippen molar-refractivity contribution in [2.75, 3.05) is 5.75 Å². The molecule has 0 radical (unpaired) electrons. The van der Waals surface area contributed by atoms with E-state index < -0.39 is 15.5 Å². The summed E-state index contributed by atoms with van der Waals surface area (Å²) in [6.45, 7) is 3.80. The first-order chi connectivity index (χ1) is 12.9. The zero-order valence-electron chi connectivity index (χ0n) is 15.4. The third-order valence-corrected chi connectivity index (χ3v) is 8.58. The second-order valence-corrected chi connectivity index (χ2v) is 11.0. The van der Waals surface area contributed by atoms with Gasteiger partial charge < -0.3 is 10.5 Å². The Balaban J connectivity index is 1.59. The van der Waals surface area contributed by atoms with E-state index in [9.17, 15) is 4.21 Å². The van der Waals surface area contributed by atoms with E-state index in [4.69, 9.17) is 10.5 Å². The first-order valence-electron chi connectivity index (χ1n) is 9.27. The number of nitrogens with zero attached hydrogens (tertiary/aromatic N) is 1. The minimum Gasteiger partial charge on any atom is -0.490 e. The van der Waals surface area contributed by atoms with Crippen molar-refractivity contribution < 1.29 is 8.95 Å². The molecule has 2 unspecified atom stereocenters. The third-order valence-electron chi connectivity index (χ3n) is 5.47. The topological polar surface area (TPSA) is 64.7 Å². The van der Waals surface area contributed by atoms with Crippen molar-refractivity contribution in [2.24, 2.45) is 10.7 Å². The maximum atomic E-state index is 12.6. The standard InChI is InChI=1S/C21H22N2O2S2/c1-21(2)20(22)23-17(11-27(21)24)12-3-7-18-15(9-12)16-10-14(25-13-4-5-13)6-8-19(16)26-18/h3,6-10,13,17H,4-5,11H2,1-2H3,(H2,22,23). The van der Waals surface area contributed by atoms with Crippen LogP contribution in [0.5, 0.6) is 5.75 Å². The molecule has 27 heavy (non-hydrogen) atoms. The molecule has 2 aliphatic rings. The Kier molecular flexibility index (Phi) is 3.85. The monoisotopic (exact) mass is 398 g/mol. The number of amidine groups is 1. The Bertz CT molecular complexity index is 1110. The zero-order chi connectivity index (χ0) is 18.8. The molecule has 1 saturated carbocycles. The highest BCUT2D eigenvalue weighted by Gasteiger charge is 2.37. The summed E-state index contributed by atoms with van der Waals surface area (Å²) < 4.78 is 20.5. The van der Waals surface area contributed by atoms with Gasteiger partial charge in [-0.2, -0.15) is 0 Å². The van der Waals surface area contributed by atoms with Crippen molar-refractivity contribution in [3.8, 4) is 5.75 Å². The molecule has 0 bridgehead atoms. The highest BCUT2D eigenvalue weighted by molar-refractivity contribution is 7.87. The van der Waals surface area contributed by atoms with Gasteiger partial charge in [0.15, 0.2) is 0 Å². The van der Waals surface area contributed by atoms with Gasteiger partial charge in [-0.05, 0) is 62.6 Å². The van der Waals surface area contributed by atoms with Crippen molar-refractivity contribution in [3.05, 3.63) is 42.0 Å². The molecule has 4 nitrogen and oxygen atoms in total. The molecule has 2 N–H and O–H groups in total. The van der Waals surface area contributed by atoms with Gasteiger partial charge in [0.05, 0.1) is 22.6 Å². The molecule has 0 saturated heterocycles. The lowest BCUT2D eigenvalue weighted by Crippen LogP contribution is -2.47. The van der Waals surface area contributed by atoms with E-state index in [1.54, 1.807) is 11.3 Å². The van der Waals surface area contributed by atoms with E-state index in [2.05, 4.69) is 41.4 Å². The van der Waals surface area contributed by atoms with Crippen LogP contribution in [-0.4, -0.2) is 26.6 Å². The van der Waals surface area contributed by atoms with Crippen LogP contribution in [0.3, 0.4) is 0 Å². The minimum atomic E-state index is -1.04. The van der Waals surface area contributed by atoms with Gasteiger partial charge in [-0.1, -0.05) is 6.07 Å². The number of ether oxygens (including phenoxy) is 1. The molecule has 3 aromatic rings. The largest absolute Gasteiger partial charge is 0.490 e. The summed E-state index contributed by atoms with van der Waals surface area (Å²) in [5.74, 6) is 1.93. The van der Waals surface area contributed by atoms with Crippen molar-refractivity contribution >= 4 is 48.1 Å². The van der Waals surface area contributed by atoms with Crippen LogP contribution in [-0.2, 0) is 10.8 Å². The molecule has 0 amide bonds. The normalized spacial score (nSPS) is 24.9. The SMILES string of the molecule is CC1(C)C(N)=NC(c2ccc3sc4ccc(OC5CC5)cc4c3c2)CS1=O. The number of nitrogens with two attached hydrogens (primary N) is 1.